The van der Waals surface area contributed by atoms with Crippen molar-refractivity contribution >= 4 is 23.2 Å². The van der Waals surface area contributed by atoms with Gasteiger partial charge in [0.05, 0.1) is 0 Å². The van der Waals surface area contributed by atoms with Gasteiger partial charge in [0.15, 0.2) is 0 Å². The third-order valence-electron chi connectivity index (χ3n) is 3.46. The highest BCUT2D eigenvalue weighted by Gasteiger charge is 2.48. The molecule has 0 saturated heterocycles. The average molecular weight is 267 g/mol. The highest BCUT2D eigenvalue weighted by Crippen LogP contribution is 2.39. The van der Waals surface area contributed by atoms with E-state index in [4.69, 9.17) is 0 Å². The van der Waals surface area contributed by atoms with E-state index in [1.54, 1.807) is 18.3 Å². The Bertz CT molecular complexity index is 439. The van der Waals surface area contributed by atoms with Gasteiger partial charge in [0.1, 0.15) is 5.54 Å². The molecule has 1 aromatic rings. The van der Waals surface area contributed by atoms with Gasteiger partial charge in [-0.1, -0.05) is 0 Å². The van der Waals surface area contributed by atoms with E-state index in [2.05, 4.69) is 5.32 Å². The second-order valence-electron chi connectivity index (χ2n) is 4.96. The van der Waals surface area contributed by atoms with E-state index in [1.807, 2.05) is 16.8 Å². The molecule has 1 heterocycles. The minimum absolute atomic E-state index is 0.0834. The minimum atomic E-state index is -1.09. The number of hydrogen-bond acceptors (Lipinski definition) is 3. The Morgan fingerprint density at radius 1 is 1.56 bits per heavy atom. The number of aryl methyl sites for hydroxylation is 1. The number of rotatable bonds is 6. The van der Waals surface area contributed by atoms with Crippen LogP contribution >= 0.6 is 11.3 Å². The first-order valence-electron chi connectivity index (χ1n) is 6.08. The molecule has 2 N–H and O–H groups in total. The van der Waals surface area contributed by atoms with E-state index < -0.39 is 11.5 Å². The zero-order valence-electron chi connectivity index (χ0n) is 10.3. The zero-order chi connectivity index (χ0) is 13.2. The lowest BCUT2D eigenvalue weighted by atomic mass is 9.95. The predicted molar refractivity (Wildman–Crippen MR) is 69.5 cm³/mol. The van der Waals surface area contributed by atoms with E-state index >= 15 is 0 Å². The molecule has 5 heteroatoms. The normalized spacial score (nSPS) is 18.1. The Hall–Kier alpha value is -1.36. The summed E-state index contributed by atoms with van der Waals surface area (Å²) in [6, 6.07) is 1.98. The molecule has 1 aliphatic rings. The Balaban J connectivity index is 1.87. The summed E-state index contributed by atoms with van der Waals surface area (Å²) in [6.07, 6.45) is 2.77. The summed E-state index contributed by atoms with van der Waals surface area (Å²) in [5, 5.41) is 15.9. The SMILES string of the molecule is CC(NC(=O)CCc1ccsc1)(C(=O)O)C1CC1. The number of carboxylic acids is 1. The number of carbonyl (C=O) groups excluding carboxylic acids is 1. The maximum absolute atomic E-state index is 11.8. The number of carboxylic acid groups (broad SMARTS) is 1. The van der Waals surface area contributed by atoms with Crippen LogP contribution in [0.2, 0.25) is 0 Å². The van der Waals surface area contributed by atoms with E-state index in [0.717, 1.165) is 18.4 Å². The number of carbonyl (C=O) groups is 2. The van der Waals surface area contributed by atoms with Crippen LogP contribution in [0.25, 0.3) is 0 Å². The molecule has 0 aromatic carbocycles. The first-order chi connectivity index (χ1) is 8.52. The molecule has 1 amide bonds. The molecule has 0 aliphatic heterocycles. The molecule has 1 aliphatic carbocycles. The zero-order valence-corrected chi connectivity index (χ0v) is 11.1. The van der Waals surface area contributed by atoms with Gasteiger partial charge in [-0.2, -0.15) is 11.3 Å². The van der Waals surface area contributed by atoms with Crippen molar-refractivity contribution in [2.75, 3.05) is 0 Å². The largest absolute Gasteiger partial charge is 0.480 e. The van der Waals surface area contributed by atoms with Crippen LogP contribution in [-0.4, -0.2) is 22.5 Å². The van der Waals surface area contributed by atoms with Crippen molar-refractivity contribution < 1.29 is 14.7 Å². The van der Waals surface area contributed by atoms with Crippen molar-refractivity contribution in [1.82, 2.24) is 5.32 Å². The number of thiophene rings is 1. The van der Waals surface area contributed by atoms with Gasteiger partial charge in [-0.25, -0.2) is 4.79 Å². The average Bonchev–Trinajstić information content (AvgIpc) is 3.04. The number of aliphatic carboxylic acids is 1. The fraction of sp³-hybridized carbons (Fsp3) is 0.538. The molecule has 1 aromatic heterocycles. The minimum Gasteiger partial charge on any atom is -0.480 e. The quantitative estimate of drug-likeness (QED) is 0.829. The van der Waals surface area contributed by atoms with Crippen LogP contribution in [0.5, 0.6) is 0 Å². The van der Waals surface area contributed by atoms with E-state index in [0.29, 0.717) is 12.8 Å². The Kier molecular flexibility index (Phi) is 3.71. The van der Waals surface area contributed by atoms with Crippen molar-refractivity contribution in [2.24, 2.45) is 5.92 Å². The van der Waals surface area contributed by atoms with Crippen molar-refractivity contribution in [2.45, 2.75) is 38.1 Å². The number of amides is 1. The Labute approximate surface area is 110 Å². The standard InChI is InChI=1S/C13H17NO3S/c1-13(12(16)17,10-3-4-10)14-11(15)5-2-9-6-7-18-8-9/h6-8,10H,2-5H2,1H3,(H,14,15)(H,16,17). The van der Waals surface area contributed by atoms with Gasteiger partial charge in [0.2, 0.25) is 5.91 Å². The smallest absolute Gasteiger partial charge is 0.329 e. The molecule has 1 unspecified atom stereocenters. The first kappa shape index (κ1) is 13.1. The third kappa shape index (κ3) is 2.90. The van der Waals surface area contributed by atoms with Crippen LogP contribution in [0.3, 0.4) is 0 Å². The molecule has 0 spiro atoms. The molecule has 98 valence electrons. The topological polar surface area (TPSA) is 66.4 Å². The van der Waals surface area contributed by atoms with E-state index in [1.165, 1.54) is 0 Å². The molecular weight excluding hydrogens is 250 g/mol. The Morgan fingerprint density at radius 2 is 2.28 bits per heavy atom. The lowest BCUT2D eigenvalue weighted by Gasteiger charge is -2.26. The van der Waals surface area contributed by atoms with Crippen molar-refractivity contribution in [3.8, 4) is 0 Å². The predicted octanol–water partition coefficient (Wildman–Crippen LogP) is 2.05. The van der Waals surface area contributed by atoms with Gasteiger partial charge in [0.25, 0.3) is 0 Å². The summed E-state index contributed by atoms with van der Waals surface area (Å²) in [6.45, 7) is 1.61. The second kappa shape index (κ2) is 5.10. The summed E-state index contributed by atoms with van der Waals surface area (Å²) in [5.41, 5.74) is 0.0322. The van der Waals surface area contributed by atoms with Gasteiger partial charge in [-0.3, -0.25) is 4.79 Å². The molecule has 1 atom stereocenters. The summed E-state index contributed by atoms with van der Waals surface area (Å²) >= 11 is 1.60. The lowest BCUT2D eigenvalue weighted by molar-refractivity contribution is -0.147. The fourth-order valence-electron chi connectivity index (χ4n) is 2.04. The second-order valence-corrected chi connectivity index (χ2v) is 5.74. The number of nitrogens with one attached hydrogen (secondary N) is 1. The van der Waals surface area contributed by atoms with Crippen molar-refractivity contribution in [3.05, 3.63) is 22.4 Å². The van der Waals surface area contributed by atoms with Crippen molar-refractivity contribution in [3.63, 3.8) is 0 Å². The van der Waals surface area contributed by atoms with E-state index in [-0.39, 0.29) is 11.8 Å². The number of hydrogen-bond donors (Lipinski definition) is 2. The van der Waals surface area contributed by atoms with Crippen molar-refractivity contribution in [1.29, 1.82) is 0 Å². The van der Waals surface area contributed by atoms with Crippen LogP contribution in [0.15, 0.2) is 16.8 Å². The maximum atomic E-state index is 11.8. The van der Waals surface area contributed by atoms with Crippen LogP contribution < -0.4 is 5.32 Å². The molecule has 0 bridgehead atoms. The van der Waals surface area contributed by atoms with Crippen LogP contribution in [-0.2, 0) is 16.0 Å². The van der Waals surface area contributed by atoms with Gasteiger partial charge < -0.3 is 10.4 Å². The molecule has 4 nitrogen and oxygen atoms in total. The summed E-state index contributed by atoms with van der Waals surface area (Å²) in [4.78, 5) is 23.1. The molecule has 2 rings (SSSR count). The molecular formula is C13H17NO3S. The van der Waals surface area contributed by atoms with Gasteiger partial charge >= 0.3 is 5.97 Å². The van der Waals surface area contributed by atoms with Crippen LogP contribution in [0.1, 0.15) is 31.7 Å². The monoisotopic (exact) mass is 267 g/mol. The van der Waals surface area contributed by atoms with E-state index in [9.17, 15) is 14.7 Å². The van der Waals surface area contributed by atoms with Crippen LogP contribution in [0, 0.1) is 5.92 Å². The molecule has 18 heavy (non-hydrogen) atoms. The summed E-state index contributed by atoms with van der Waals surface area (Å²) < 4.78 is 0. The van der Waals surface area contributed by atoms with Gasteiger partial charge in [-0.15, -0.1) is 0 Å². The summed E-state index contributed by atoms with van der Waals surface area (Å²) in [7, 11) is 0. The highest BCUT2D eigenvalue weighted by molar-refractivity contribution is 7.07. The van der Waals surface area contributed by atoms with Gasteiger partial charge in [-0.05, 0) is 54.5 Å². The summed E-state index contributed by atoms with van der Waals surface area (Å²) in [5.74, 6) is -1.04. The van der Waals surface area contributed by atoms with Crippen LogP contribution in [0.4, 0.5) is 0 Å². The molecule has 0 radical (unpaired) electrons. The fourth-order valence-corrected chi connectivity index (χ4v) is 2.74. The lowest BCUT2D eigenvalue weighted by Crippen LogP contribution is -2.54. The maximum Gasteiger partial charge on any atom is 0.329 e. The van der Waals surface area contributed by atoms with Gasteiger partial charge in [0, 0.05) is 6.42 Å². The molecule has 1 fully saturated rings. The first-order valence-corrected chi connectivity index (χ1v) is 7.02. The Morgan fingerprint density at radius 3 is 2.78 bits per heavy atom. The highest BCUT2D eigenvalue weighted by atomic mass is 32.1. The third-order valence-corrected chi connectivity index (χ3v) is 4.19. The molecule has 1 saturated carbocycles.